The average molecular weight is 261 g/mol. The van der Waals surface area contributed by atoms with Gasteiger partial charge in [-0.1, -0.05) is 29.3 Å². The highest BCUT2D eigenvalue weighted by Gasteiger charge is 2.03. The fourth-order valence-electron chi connectivity index (χ4n) is 1.16. The Morgan fingerprint density at radius 3 is 2.75 bits per heavy atom. The lowest BCUT2D eigenvalue weighted by molar-refractivity contribution is 0.102. The van der Waals surface area contributed by atoms with Crippen molar-refractivity contribution in [3.8, 4) is 0 Å². The molecule has 1 aromatic carbocycles. The molecule has 3 nitrogen and oxygen atoms in total. The minimum Gasteiger partial charge on any atom is -0.450 e. The van der Waals surface area contributed by atoms with Crippen LogP contribution in [0.15, 0.2) is 24.3 Å². The lowest BCUT2D eigenvalue weighted by Gasteiger charge is -2.05. The molecule has 0 saturated heterocycles. The first-order valence-electron chi connectivity index (χ1n) is 4.48. The van der Waals surface area contributed by atoms with Crippen LogP contribution >= 0.6 is 23.2 Å². The molecule has 0 aliphatic heterocycles. The van der Waals surface area contributed by atoms with Crippen LogP contribution < -0.4 is 0 Å². The van der Waals surface area contributed by atoms with Crippen LogP contribution in [0.3, 0.4) is 0 Å². The van der Waals surface area contributed by atoms with Crippen LogP contribution in [0.5, 0.6) is 0 Å². The summed E-state index contributed by atoms with van der Waals surface area (Å²) in [6.07, 6.45) is 0.342. The summed E-state index contributed by atoms with van der Waals surface area (Å²) < 4.78 is 4.37. The zero-order valence-corrected chi connectivity index (χ0v) is 10.0. The van der Waals surface area contributed by atoms with Crippen molar-refractivity contribution in [2.24, 2.45) is 0 Å². The molecule has 0 spiro atoms. The Labute approximate surface area is 103 Å². The highest BCUT2D eigenvalue weighted by molar-refractivity contribution is 6.35. The molecule has 0 saturated carbocycles. The molecule has 0 bridgehead atoms. The summed E-state index contributed by atoms with van der Waals surface area (Å²) in [6.45, 7) is 1.82. The van der Waals surface area contributed by atoms with Gasteiger partial charge in [0.25, 0.3) is 0 Å². The summed E-state index contributed by atoms with van der Waals surface area (Å²) in [7, 11) is 0. The Kier molecular flexibility index (Phi) is 4.65. The second-order valence-corrected chi connectivity index (χ2v) is 3.93. The van der Waals surface area contributed by atoms with Gasteiger partial charge < -0.3 is 9.84 Å². The molecule has 0 aliphatic carbocycles. The second kappa shape index (κ2) is 5.77. The molecule has 0 aromatic heterocycles. The molecule has 86 valence electrons. The van der Waals surface area contributed by atoms with Gasteiger partial charge in [0.1, 0.15) is 6.61 Å². The topological polar surface area (TPSA) is 46.5 Å². The molecule has 16 heavy (non-hydrogen) atoms. The van der Waals surface area contributed by atoms with Crippen molar-refractivity contribution in [3.63, 3.8) is 0 Å². The maximum absolute atomic E-state index is 10.1. The predicted molar refractivity (Wildman–Crippen MR) is 64.1 cm³/mol. The molecule has 1 N–H and O–H groups in total. The van der Waals surface area contributed by atoms with Crippen LogP contribution in [-0.2, 0) is 4.74 Å². The molecular formula is C11H10Cl2O3. The van der Waals surface area contributed by atoms with Crippen LogP contribution in [-0.4, -0.2) is 17.9 Å². The second-order valence-electron chi connectivity index (χ2n) is 3.09. The highest BCUT2D eigenvalue weighted by atomic mass is 35.5. The van der Waals surface area contributed by atoms with Gasteiger partial charge in [-0.25, -0.2) is 4.79 Å². The normalized spacial score (nSPS) is 11.3. The van der Waals surface area contributed by atoms with Gasteiger partial charge in [0.15, 0.2) is 0 Å². The number of ether oxygens (including phenoxy) is 1. The van der Waals surface area contributed by atoms with Crippen molar-refractivity contribution in [3.05, 3.63) is 39.9 Å². The van der Waals surface area contributed by atoms with Gasteiger partial charge in [-0.15, -0.1) is 0 Å². The van der Waals surface area contributed by atoms with Gasteiger partial charge in [-0.3, -0.25) is 0 Å². The fourth-order valence-corrected chi connectivity index (χ4v) is 1.71. The number of hydrogen-bond acceptors (Lipinski definition) is 2. The largest absolute Gasteiger partial charge is 0.506 e. The summed E-state index contributed by atoms with van der Waals surface area (Å²) in [5.74, 6) is 0. The van der Waals surface area contributed by atoms with Crippen molar-refractivity contribution >= 4 is 34.9 Å². The highest BCUT2D eigenvalue weighted by Crippen LogP contribution is 2.26. The van der Waals surface area contributed by atoms with Gasteiger partial charge in [-0.05, 0) is 36.3 Å². The van der Waals surface area contributed by atoms with Crippen LogP contribution in [0.25, 0.3) is 5.57 Å². The Morgan fingerprint density at radius 2 is 2.19 bits per heavy atom. The van der Waals surface area contributed by atoms with Crippen molar-refractivity contribution in [1.82, 2.24) is 0 Å². The van der Waals surface area contributed by atoms with E-state index < -0.39 is 6.16 Å². The molecule has 0 fully saturated rings. The molecule has 0 unspecified atom stereocenters. The van der Waals surface area contributed by atoms with Crippen molar-refractivity contribution in [2.75, 3.05) is 6.61 Å². The zero-order chi connectivity index (χ0) is 12.1. The van der Waals surface area contributed by atoms with E-state index in [-0.39, 0.29) is 6.61 Å². The van der Waals surface area contributed by atoms with E-state index in [1.165, 1.54) is 0 Å². The molecule has 0 amide bonds. The Bertz CT molecular complexity index is 427. The fraction of sp³-hybridized carbons (Fsp3) is 0.182. The third-order valence-corrected chi connectivity index (χ3v) is 2.50. The third kappa shape index (κ3) is 3.76. The van der Waals surface area contributed by atoms with E-state index in [0.29, 0.717) is 10.0 Å². The SMILES string of the molecule is CC(=CCOC(=O)O)c1ccc(Cl)cc1Cl. The summed E-state index contributed by atoms with van der Waals surface area (Å²) in [6, 6.07) is 5.13. The van der Waals surface area contributed by atoms with Crippen molar-refractivity contribution in [2.45, 2.75) is 6.92 Å². The predicted octanol–water partition coefficient (Wildman–Crippen LogP) is 4.09. The summed E-state index contributed by atoms with van der Waals surface area (Å²) >= 11 is 11.7. The molecule has 5 heteroatoms. The maximum atomic E-state index is 10.1. The number of halogens is 2. The maximum Gasteiger partial charge on any atom is 0.506 e. The van der Waals surface area contributed by atoms with Crippen LogP contribution in [0.4, 0.5) is 4.79 Å². The summed E-state index contributed by atoms with van der Waals surface area (Å²) in [5.41, 5.74) is 1.64. The van der Waals surface area contributed by atoms with Crippen LogP contribution in [0, 0.1) is 0 Å². The summed E-state index contributed by atoms with van der Waals surface area (Å²) in [4.78, 5) is 10.1. The smallest absolute Gasteiger partial charge is 0.450 e. The lowest BCUT2D eigenvalue weighted by atomic mass is 10.1. The summed E-state index contributed by atoms with van der Waals surface area (Å²) in [5, 5.41) is 9.38. The standard InChI is InChI=1S/C11H10Cl2O3/c1-7(4-5-16-11(14)15)9-3-2-8(12)6-10(9)13/h2-4,6H,5H2,1H3,(H,14,15). The van der Waals surface area contributed by atoms with E-state index >= 15 is 0 Å². The van der Waals surface area contributed by atoms with E-state index in [2.05, 4.69) is 4.74 Å². The van der Waals surface area contributed by atoms with Crippen molar-refractivity contribution in [1.29, 1.82) is 0 Å². The number of carbonyl (C=O) groups is 1. The van der Waals surface area contributed by atoms with E-state index in [1.807, 2.05) is 6.92 Å². The monoisotopic (exact) mass is 260 g/mol. The zero-order valence-electron chi connectivity index (χ0n) is 8.54. The molecule has 0 aliphatic rings. The molecular weight excluding hydrogens is 251 g/mol. The van der Waals surface area contributed by atoms with E-state index in [4.69, 9.17) is 28.3 Å². The molecule has 0 heterocycles. The first-order chi connectivity index (χ1) is 7.50. The minimum atomic E-state index is -1.30. The number of rotatable bonds is 3. The van der Waals surface area contributed by atoms with Crippen LogP contribution in [0.2, 0.25) is 10.0 Å². The third-order valence-electron chi connectivity index (χ3n) is 1.95. The average Bonchev–Trinajstić information content (AvgIpc) is 2.16. The molecule has 1 rings (SSSR count). The molecule has 1 aromatic rings. The molecule has 0 radical (unpaired) electrons. The van der Waals surface area contributed by atoms with Crippen LogP contribution in [0.1, 0.15) is 12.5 Å². The number of benzene rings is 1. The van der Waals surface area contributed by atoms with Gasteiger partial charge in [-0.2, -0.15) is 0 Å². The van der Waals surface area contributed by atoms with Gasteiger partial charge in [0.2, 0.25) is 0 Å². The lowest BCUT2D eigenvalue weighted by Crippen LogP contribution is -1.99. The van der Waals surface area contributed by atoms with Crippen molar-refractivity contribution < 1.29 is 14.6 Å². The Balaban J connectivity index is 2.79. The quantitative estimate of drug-likeness (QED) is 0.833. The van der Waals surface area contributed by atoms with Gasteiger partial charge >= 0.3 is 6.16 Å². The van der Waals surface area contributed by atoms with E-state index in [1.54, 1.807) is 24.3 Å². The number of carboxylic acid groups (broad SMARTS) is 1. The Morgan fingerprint density at radius 1 is 1.50 bits per heavy atom. The van der Waals surface area contributed by atoms with Gasteiger partial charge in [0.05, 0.1) is 0 Å². The first-order valence-corrected chi connectivity index (χ1v) is 5.24. The number of allylic oxidation sites excluding steroid dienone is 1. The number of hydrogen-bond donors (Lipinski definition) is 1. The first kappa shape index (κ1) is 12.9. The van der Waals surface area contributed by atoms with Gasteiger partial charge in [0, 0.05) is 10.0 Å². The van der Waals surface area contributed by atoms with E-state index in [9.17, 15) is 4.79 Å². The Hall–Kier alpha value is -1.19. The molecule has 0 atom stereocenters. The minimum absolute atomic E-state index is 0.000121. The van der Waals surface area contributed by atoms with E-state index in [0.717, 1.165) is 11.1 Å².